The summed E-state index contributed by atoms with van der Waals surface area (Å²) in [6, 6.07) is 0. The topological polar surface area (TPSA) is 85.3 Å². The molecule has 0 aliphatic carbocycles. The van der Waals surface area contributed by atoms with Crippen molar-refractivity contribution >= 4 is 10.1 Å². The van der Waals surface area contributed by atoms with Crippen LogP contribution in [0.2, 0.25) is 0 Å². The van der Waals surface area contributed by atoms with Gasteiger partial charge in [-0.25, -0.2) is 0 Å². The van der Waals surface area contributed by atoms with Crippen molar-refractivity contribution in [2.75, 3.05) is 45.2 Å². The molecule has 7 nitrogen and oxygen atoms in total. The quantitative estimate of drug-likeness (QED) is 0.207. The molecule has 8 heteroatoms. The van der Waals surface area contributed by atoms with E-state index in [9.17, 15) is 8.42 Å². The fourth-order valence-corrected chi connectivity index (χ4v) is 4.40. The maximum atomic E-state index is 10.8. The number of unbranched alkanes of at least 4 members (excludes halogenated alkanes) is 8. The van der Waals surface area contributed by atoms with Gasteiger partial charge in [-0.2, -0.15) is 8.42 Å². The van der Waals surface area contributed by atoms with E-state index in [1.807, 2.05) is 6.92 Å². The van der Waals surface area contributed by atoms with Crippen molar-refractivity contribution in [2.45, 2.75) is 103 Å². The third-order valence-electron chi connectivity index (χ3n) is 5.66. The van der Waals surface area contributed by atoms with Crippen molar-refractivity contribution in [2.24, 2.45) is 0 Å². The zero-order chi connectivity index (χ0) is 23.0. The minimum absolute atomic E-state index is 0.0256. The Hall–Kier alpha value is -0.250. The van der Waals surface area contributed by atoms with E-state index in [1.54, 1.807) is 0 Å². The van der Waals surface area contributed by atoms with E-state index in [1.165, 1.54) is 64.2 Å². The van der Waals surface area contributed by atoms with Crippen LogP contribution in [0.3, 0.4) is 0 Å². The summed E-state index contributed by atoms with van der Waals surface area (Å²) < 4.78 is 47.8. The Bertz CT molecular complexity index is 544. The SMILES string of the molecule is CCCCCCCCCN(CCCCC)CC1COC(C)(COCCCS(=O)(=O)O)O1. The lowest BCUT2D eigenvalue weighted by molar-refractivity contribution is -0.190. The fourth-order valence-electron chi connectivity index (χ4n) is 3.92. The normalized spacial score (nSPS) is 21.9. The highest BCUT2D eigenvalue weighted by molar-refractivity contribution is 7.85. The van der Waals surface area contributed by atoms with Crippen molar-refractivity contribution in [3.8, 4) is 0 Å². The number of hydrogen-bond donors (Lipinski definition) is 1. The first-order chi connectivity index (χ1) is 14.8. The molecule has 1 heterocycles. The smallest absolute Gasteiger partial charge is 0.264 e. The van der Waals surface area contributed by atoms with Gasteiger partial charge in [0.2, 0.25) is 0 Å². The Kier molecular flexibility index (Phi) is 15.2. The lowest BCUT2D eigenvalue weighted by atomic mass is 10.1. The Morgan fingerprint density at radius 1 is 0.968 bits per heavy atom. The number of hydrogen-bond acceptors (Lipinski definition) is 6. The molecule has 1 aliphatic heterocycles. The van der Waals surface area contributed by atoms with Crippen LogP contribution in [0.25, 0.3) is 0 Å². The van der Waals surface area contributed by atoms with Crippen LogP contribution in [-0.4, -0.2) is 75.0 Å². The molecule has 2 unspecified atom stereocenters. The first kappa shape index (κ1) is 28.8. The second-order valence-corrected chi connectivity index (χ2v) is 10.6. The molecule has 1 saturated heterocycles. The van der Waals surface area contributed by atoms with Gasteiger partial charge in [-0.05, 0) is 39.3 Å². The molecule has 1 fully saturated rings. The predicted octanol–water partition coefficient (Wildman–Crippen LogP) is 4.66. The molecule has 0 bridgehead atoms. The Morgan fingerprint density at radius 3 is 2.19 bits per heavy atom. The summed E-state index contributed by atoms with van der Waals surface area (Å²) in [5.74, 6) is -1.09. The van der Waals surface area contributed by atoms with E-state index in [0.29, 0.717) is 6.61 Å². The maximum absolute atomic E-state index is 10.8. The Morgan fingerprint density at radius 2 is 1.55 bits per heavy atom. The van der Waals surface area contributed by atoms with E-state index in [2.05, 4.69) is 18.7 Å². The molecule has 186 valence electrons. The van der Waals surface area contributed by atoms with E-state index >= 15 is 0 Å². The summed E-state index contributed by atoms with van der Waals surface area (Å²) in [7, 11) is -3.93. The van der Waals surface area contributed by atoms with Gasteiger partial charge in [0.05, 0.1) is 18.5 Å². The molecule has 31 heavy (non-hydrogen) atoms. The van der Waals surface area contributed by atoms with Crippen LogP contribution in [0.5, 0.6) is 0 Å². The molecule has 1 aliphatic rings. The van der Waals surface area contributed by atoms with Gasteiger partial charge in [-0.15, -0.1) is 0 Å². The average molecular weight is 466 g/mol. The summed E-state index contributed by atoms with van der Waals surface area (Å²) in [6.45, 7) is 10.5. The molecule has 0 aromatic carbocycles. The molecule has 0 aromatic heterocycles. The summed E-state index contributed by atoms with van der Waals surface area (Å²) in [6.07, 6.45) is 13.2. The van der Waals surface area contributed by atoms with Gasteiger partial charge in [0.1, 0.15) is 6.61 Å². The Balaban J connectivity index is 2.31. The molecular weight excluding hydrogens is 418 g/mol. The minimum atomic E-state index is -3.93. The van der Waals surface area contributed by atoms with Crippen LogP contribution in [-0.2, 0) is 24.3 Å². The number of nitrogens with zero attached hydrogens (tertiary/aromatic N) is 1. The molecule has 0 saturated carbocycles. The van der Waals surface area contributed by atoms with Gasteiger partial charge in [0.25, 0.3) is 10.1 Å². The standard InChI is InChI=1S/C23H47NO6S/c1-4-6-8-9-10-11-13-16-24(15-12-7-5-2)19-22-20-29-23(3,30-22)21-28-17-14-18-31(25,26)27/h22H,4-21H2,1-3H3,(H,25,26,27). The first-order valence-corrected chi connectivity index (χ1v) is 14.0. The van der Waals surface area contributed by atoms with Gasteiger partial charge in [0, 0.05) is 13.2 Å². The van der Waals surface area contributed by atoms with Gasteiger partial charge >= 0.3 is 0 Å². The predicted molar refractivity (Wildman–Crippen MR) is 125 cm³/mol. The van der Waals surface area contributed by atoms with E-state index in [0.717, 1.165) is 19.6 Å². The van der Waals surface area contributed by atoms with Gasteiger partial charge in [-0.1, -0.05) is 65.2 Å². The zero-order valence-electron chi connectivity index (χ0n) is 20.1. The molecule has 2 atom stereocenters. The third kappa shape index (κ3) is 15.3. The van der Waals surface area contributed by atoms with Crippen LogP contribution >= 0.6 is 0 Å². The monoisotopic (exact) mass is 465 g/mol. The highest BCUT2D eigenvalue weighted by atomic mass is 32.2. The van der Waals surface area contributed by atoms with Crippen LogP contribution in [0.1, 0.15) is 91.4 Å². The zero-order valence-corrected chi connectivity index (χ0v) is 21.0. The van der Waals surface area contributed by atoms with Crippen molar-refractivity contribution < 1.29 is 27.2 Å². The van der Waals surface area contributed by atoms with Gasteiger partial charge in [0.15, 0.2) is 5.79 Å². The molecule has 0 amide bonds. The average Bonchev–Trinajstić information content (AvgIpc) is 3.06. The second-order valence-electron chi connectivity index (χ2n) is 9.01. The lowest BCUT2D eigenvalue weighted by Gasteiger charge is -2.27. The van der Waals surface area contributed by atoms with E-state index < -0.39 is 15.9 Å². The summed E-state index contributed by atoms with van der Waals surface area (Å²) >= 11 is 0. The van der Waals surface area contributed by atoms with Crippen LogP contribution < -0.4 is 0 Å². The number of rotatable bonds is 20. The minimum Gasteiger partial charge on any atom is -0.376 e. The largest absolute Gasteiger partial charge is 0.376 e. The van der Waals surface area contributed by atoms with Crippen LogP contribution in [0, 0.1) is 0 Å². The maximum Gasteiger partial charge on any atom is 0.264 e. The third-order valence-corrected chi connectivity index (χ3v) is 6.47. The molecule has 0 radical (unpaired) electrons. The molecule has 1 rings (SSSR count). The summed E-state index contributed by atoms with van der Waals surface area (Å²) in [5, 5.41) is 0. The molecule has 0 aromatic rings. The second kappa shape index (κ2) is 16.4. The molecule has 0 spiro atoms. The van der Waals surface area contributed by atoms with Crippen LogP contribution in [0.15, 0.2) is 0 Å². The number of ether oxygens (including phenoxy) is 3. The van der Waals surface area contributed by atoms with Gasteiger partial charge < -0.3 is 19.1 Å². The highest BCUT2D eigenvalue weighted by Crippen LogP contribution is 2.24. The van der Waals surface area contributed by atoms with E-state index in [4.69, 9.17) is 18.8 Å². The van der Waals surface area contributed by atoms with E-state index in [-0.39, 0.29) is 31.5 Å². The van der Waals surface area contributed by atoms with Gasteiger partial charge in [-0.3, -0.25) is 4.55 Å². The summed E-state index contributed by atoms with van der Waals surface area (Å²) in [5.41, 5.74) is 0. The molecule has 1 N–H and O–H groups in total. The highest BCUT2D eigenvalue weighted by Gasteiger charge is 2.38. The summed E-state index contributed by atoms with van der Waals surface area (Å²) in [4.78, 5) is 2.52. The fraction of sp³-hybridized carbons (Fsp3) is 1.00. The van der Waals surface area contributed by atoms with Crippen molar-refractivity contribution in [1.82, 2.24) is 4.90 Å². The van der Waals surface area contributed by atoms with Crippen LogP contribution in [0.4, 0.5) is 0 Å². The molecular formula is C23H47NO6S. The van der Waals surface area contributed by atoms with Crippen molar-refractivity contribution in [3.05, 3.63) is 0 Å². The van der Waals surface area contributed by atoms with Crippen molar-refractivity contribution in [3.63, 3.8) is 0 Å². The Labute approximate surface area is 190 Å². The van der Waals surface area contributed by atoms with Crippen molar-refractivity contribution in [1.29, 1.82) is 0 Å². The lowest BCUT2D eigenvalue weighted by Crippen LogP contribution is -2.38. The first-order valence-electron chi connectivity index (χ1n) is 12.3.